The van der Waals surface area contributed by atoms with E-state index < -0.39 is 134 Å². The van der Waals surface area contributed by atoms with E-state index in [-0.39, 0.29) is 68.2 Å². The molecule has 6 saturated heterocycles. The van der Waals surface area contributed by atoms with Crippen molar-refractivity contribution in [3.63, 3.8) is 0 Å². The molecular formula is C76H96O20. The zero-order chi connectivity index (χ0) is 67.6. The van der Waals surface area contributed by atoms with E-state index in [1.807, 2.05) is 113 Å². The minimum atomic E-state index is -1.36. The lowest BCUT2D eigenvalue weighted by atomic mass is 9.81. The molecule has 96 heavy (non-hydrogen) atoms. The first-order chi connectivity index (χ1) is 46.5. The van der Waals surface area contributed by atoms with Gasteiger partial charge in [0.05, 0.1) is 79.7 Å². The van der Waals surface area contributed by atoms with Gasteiger partial charge in [-0.2, -0.15) is 0 Å². The highest BCUT2D eigenvalue weighted by Crippen LogP contribution is 2.45. The first-order valence-electron chi connectivity index (χ1n) is 34.0. The Labute approximate surface area is 564 Å². The van der Waals surface area contributed by atoms with Gasteiger partial charge in [-0.3, -0.25) is 0 Å². The molecule has 0 saturated carbocycles. The minimum absolute atomic E-state index is 0.0373. The summed E-state index contributed by atoms with van der Waals surface area (Å²) in [5, 5.41) is 0. The lowest BCUT2D eigenvalue weighted by Crippen LogP contribution is -2.63. The molecule has 0 N–H and O–H groups in total. The average Bonchev–Trinajstić information content (AvgIpc) is 0.774. The second-order valence-electron chi connectivity index (χ2n) is 26.8. The van der Waals surface area contributed by atoms with Crippen molar-refractivity contribution < 1.29 is 94.9 Å². The van der Waals surface area contributed by atoms with Gasteiger partial charge in [0.25, 0.3) is 0 Å². The highest BCUT2D eigenvalue weighted by atomic mass is 16.8. The molecule has 5 aromatic carbocycles. The number of hydrogen-bond acceptors (Lipinski definition) is 20. The Balaban J connectivity index is 0.865. The largest absolute Gasteiger partial charge is 0.459 e. The maximum absolute atomic E-state index is 14.5. The first-order valence-corrected chi connectivity index (χ1v) is 34.0. The minimum Gasteiger partial charge on any atom is -0.459 e. The Morgan fingerprint density at radius 3 is 1.36 bits per heavy atom. The first kappa shape index (κ1) is 71.2. The predicted molar refractivity (Wildman–Crippen MR) is 350 cm³/mol. The molecule has 11 unspecified atom stereocenters. The van der Waals surface area contributed by atoms with Crippen LogP contribution in [-0.4, -0.2) is 170 Å². The van der Waals surface area contributed by atoms with Crippen LogP contribution in [-0.2, 0) is 87.1 Å². The molecule has 520 valence electrons. The summed E-state index contributed by atoms with van der Waals surface area (Å²) in [5.74, 6) is -3.88. The molecule has 26 atom stereocenters. The molecule has 0 bridgehead atoms. The van der Waals surface area contributed by atoms with Crippen molar-refractivity contribution in [1.29, 1.82) is 0 Å². The Kier molecular flexibility index (Phi) is 24.6. The number of ether oxygens (including phenoxy) is 17. The van der Waals surface area contributed by atoms with E-state index in [0.29, 0.717) is 29.9 Å². The van der Waals surface area contributed by atoms with E-state index in [1.165, 1.54) is 0 Å². The third-order valence-corrected chi connectivity index (χ3v) is 20.7. The summed E-state index contributed by atoms with van der Waals surface area (Å²) in [6.07, 6.45) is -13.3. The molecule has 6 aliphatic heterocycles. The molecular weight excluding hydrogens is 1230 g/mol. The van der Waals surface area contributed by atoms with Gasteiger partial charge in [0.15, 0.2) is 37.6 Å². The Bertz CT molecular complexity index is 3200. The van der Waals surface area contributed by atoms with Crippen molar-refractivity contribution in [2.75, 3.05) is 47.3 Å². The SMILES string of the molecule is COC[C@H]1O[C@H](O[C@H]2C(COCc3ccccc3)O[C@@H](C)C(C)[C@H]2C)C(OC)C(C)[C@@H]1O[C@H]1O[C@H](COC(=O)c2ccccc2)[C@@H](O[C@@H]2OC(COC(=O)c3ccccc3)[C@H](O[C@@H]3OC4COC(c5ccccc5)O[C@@H]4[C@H](C)C3C)[C@H](C)C2OC(=O)c2ccccc2)C(C)C1C. The molecule has 0 amide bonds. The number of hydrogen-bond donors (Lipinski definition) is 0. The standard InChI is InChI=1S/C76H96O20/c1-43-44(2)62(58(86-51(43)9)39-82-37-52-27-17-12-18-28-52)95-75-67(81-11)49(7)65(57(89-75)38-80-10)92-72-48(6)46(4)64(59(87-72)40-83-69(77)53-29-19-13-20-30-53)96-76-68(91-71(79)55-33-23-15-24-34-55)50(8)66(60(90-76)41-84-70(78)54-31-21-14-22-32-54)93-73-47(5)45(3)63-61(88-73)42-85-74(94-63)56-35-25-16-26-36-56/h12-36,43-51,57-68,72-76H,37-42H2,1-11H3/t43?,44-,45-,46?,47?,48?,49?,50+,51+,57-,58?,59-,60?,61?,62-,63-,64+,65+,66-,67?,68?,72-,73+,74?,75-,76+/m1/s1. The zero-order valence-corrected chi connectivity index (χ0v) is 56.9. The average molecular weight is 1330 g/mol. The van der Waals surface area contributed by atoms with Crippen molar-refractivity contribution in [3.8, 4) is 0 Å². The second-order valence-corrected chi connectivity index (χ2v) is 26.8. The molecule has 11 rings (SSSR count). The molecule has 6 aliphatic rings. The summed E-state index contributed by atoms with van der Waals surface area (Å²) < 4.78 is 113. The maximum Gasteiger partial charge on any atom is 0.338 e. The van der Waals surface area contributed by atoms with E-state index in [1.54, 1.807) is 87.0 Å². The number of benzene rings is 5. The monoisotopic (exact) mass is 1330 g/mol. The normalized spacial score (nSPS) is 37.0. The van der Waals surface area contributed by atoms with Gasteiger partial charge in [0.2, 0.25) is 0 Å². The molecule has 20 heteroatoms. The van der Waals surface area contributed by atoms with E-state index in [9.17, 15) is 14.4 Å². The Morgan fingerprint density at radius 1 is 0.396 bits per heavy atom. The van der Waals surface area contributed by atoms with E-state index in [0.717, 1.165) is 11.1 Å². The number of carbonyl (C=O) groups excluding carboxylic acids is 3. The third-order valence-electron chi connectivity index (χ3n) is 20.7. The summed E-state index contributed by atoms with van der Waals surface area (Å²) in [6.45, 7) is 19.0. The number of carbonyl (C=O) groups is 3. The fraction of sp³-hybridized carbons (Fsp3) is 0.566. The quantitative estimate of drug-likeness (QED) is 0.0415. The topological polar surface area (TPSA) is 208 Å². The van der Waals surface area contributed by atoms with E-state index in [2.05, 4.69) is 27.7 Å². The summed E-state index contributed by atoms with van der Waals surface area (Å²) in [7, 11) is 3.24. The molecule has 0 aromatic heterocycles. The van der Waals surface area contributed by atoms with Gasteiger partial charge in [-0.05, 0) is 72.6 Å². The van der Waals surface area contributed by atoms with Crippen LogP contribution in [0.5, 0.6) is 0 Å². The van der Waals surface area contributed by atoms with Crippen LogP contribution in [0.25, 0.3) is 0 Å². The van der Waals surface area contributed by atoms with Crippen LogP contribution >= 0.6 is 0 Å². The van der Waals surface area contributed by atoms with Gasteiger partial charge in [-0.1, -0.05) is 171 Å². The van der Waals surface area contributed by atoms with Crippen molar-refractivity contribution in [1.82, 2.24) is 0 Å². The lowest BCUT2D eigenvalue weighted by Gasteiger charge is -2.52. The van der Waals surface area contributed by atoms with Crippen molar-refractivity contribution in [2.24, 2.45) is 47.3 Å². The van der Waals surface area contributed by atoms with Gasteiger partial charge < -0.3 is 80.5 Å². The summed E-state index contributed by atoms with van der Waals surface area (Å²) in [5.41, 5.74) is 2.92. The smallest absolute Gasteiger partial charge is 0.338 e. The maximum atomic E-state index is 14.5. The number of esters is 3. The van der Waals surface area contributed by atoms with Crippen molar-refractivity contribution >= 4 is 17.9 Å². The lowest BCUT2D eigenvalue weighted by molar-refractivity contribution is -0.381. The molecule has 0 aliphatic carbocycles. The fourth-order valence-electron chi connectivity index (χ4n) is 14.2. The number of rotatable bonds is 24. The van der Waals surface area contributed by atoms with Gasteiger partial charge in [-0.25, -0.2) is 14.4 Å². The van der Waals surface area contributed by atoms with E-state index in [4.69, 9.17) is 80.5 Å². The molecule has 6 fully saturated rings. The van der Waals surface area contributed by atoms with Crippen LogP contribution in [0.2, 0.25) is 0 Å². The predicted octanol–water partition coefficient (Wildman–Crippen LogP) is 11.2. The Hall–Kier alpha value is -6.05. The number of methoxy groups -OCH3 is 2. The van der Waals surface area contributed by atoms with Crippen LogP contribution in [0, 0.1) is 47.3 Å². The highest BCUT2D eigenvalue weighted by Gasteiger charge is 2.56. The van der Waals surface area contributed by atoms with Crippen molar-refractivity contribution in [2.45, 2.75) is 180 Å². The van der Waals surface area contributed by atoms with Gasteiger partial charge in [0, 0.05) is 43.5 Å². The van der Waals surface area contributed by atoms with Gasteiger partial charge in [-0.15, -0.1) is 0 Å². The second kappa shape index (κ2) is 33.2. The number of fused-ring (bicyclic) bond motifs is 1. The Morgan fingerprint density at radius 2 is 0.823 bits per heavy atom. The van der Waals surface area contributed by atoms with E-state index >= 15 is 0 Å². The van der Waals surface area contributed by atoms with Gasteiger partial charge >= 0.3 is 17.9 Å². The van der Waals surface area contributed by atoms with Crippen LogP contribution in [0.1, 0.15) is 111 Å². The highest BCUT2D eigenvalue weighted by molar-refractivity contribution is 5.90. The molecule has 0 radical (unpaired) electrons. The van der Waals surface area contributed by atoms with Crippen LogP contribution in [0.4, 0.5) is 0 Å². The fourth-order valence-corrected chi connectivity index (χ4v) is 14.2. The molecule has 5 aromatic rings. The zero-order valence-electron chi connectivity index (χ0n) is 56.9. The van der Waals surface area contributed by atoms with Crippen molar-refractivity contribution in [3.05, 3.63) is 179 Å². The van der Waals surface area contributed by atoms with Crippen LogP contribution < -0.4 is 0 Å². The molecule has 6 heterocycles. The van der Waals surface area contributed by atoms with Crippen LogP contribution in [0.3, 0.4) is 0 Å². The third kappa shape index (κ3) is 16.6. The molecule has 0 spiro atoms. The molecule has 20 nitrogen and oxygen atoms in total. The summed E-state index contributed by atoms with van der Waals surface area (Å²) in [4.78, 5) is 42.3. The van der Waals surface area contributed by atoms with Crippen LogP contribution in [0.15, 0.2) is 152 Å². The summed E-state index contributed by atoms with van der Waals surface area (Å²) >= 11 is 0. The summed E-state index contributed by atoms with van der Waals surface area (Å²) in [6, 6.07) is 45.8. The van der Waals surface area contributed by atoms with Gasteiger partial charge in [0.1, 0.15) is 49.8 Å².